The van der Waals surface area contributed by atoms with Crippen molar-refractivity contribution in [1.82, 2.24) is 10.2 Å². The Bertz CT molecular complexity index is 543. The molecule has 0 bridgehead atoms. The lowest BCUT2D eigenvalue weighted by molar-refractivity contribution is 0.992. The summed E-state index contributed by atoms with van der Waals surface area (Å²) in [5.74, 6) is 0.669. The first-order chi connectivity index (χ1) is 8.79. The van der Waals surface area contributed by atoms with Crippen LogP contribution in [-0.2, 0) is 0 Å². The lowest BCUT2D eigenvalue weighted by Crippen LogP contribution is -2.03. The Morgan fingerprint density at radius 1 is 1.11 bits per heavy atom. The number of hydrogen-bond acceptors (Lipinski definition) is 4. The summed E-state index contributed by atoms with van der Waals surface area (Å²) >= 11 is 5.82. The largest absolute Gasteiger partial charge is 0.368 e. The molecular weight excluding hydrogens is 248 g/mol. The third kappa shape index (κ3) is 3.19. The fraction of sp³-hybridized carbons (Fsp3) is 0.154. The highest BCUT2D eigenvalue weighted by Crippen LogP contribution is 2.19. The Labute approximate surface area is 110 Å². The van der Waals surface area contributed by atoms with E-state index >= 15 is 0 Å². The lowest BCUT2D eigenvalue weighted by Gasteiger charge is -2.03. The van der Waals surface area contributed by atoms with Crippen molar-refractivity contribution in [3.8, 4) is 17.3 Å². The number of benzene rings is 1. The Morgan fingerprint density at radius 3 is 2.50 bits per heavy atom. The molecular formula is C13H11ClN4. The quantitative estimate of drug-likeness (QED) is 0.856. The molecule has 0 atom stereocenters. The van der Waals surface area contributed by atoms with Crippen molar-refractivity contribution >= 4 is 17.4 Å². The Balaban J connectivity index is 2.08. The number of nitrogens with one attached hydrogen (secondary N) is 1. The van der Waals surface area contributed by atoms with E-state index in [1.165, 1.54) is 0 Å². The molecule has 0 spiro atoms. The number of nitrogens with zero attached hydrogens (tertiary/aromatic N) is 3. The van der Waals surface area contributed by atoms with Crippen LogP contribution in [0.3, 0.4) is 0 Å². The van der Waals surface area contributed by atoms with E-state index in [1.54, 1.807) is 0 Å². The molecule has 1 N–H and O–H groups in total. The van der Waals surface area contributed by atoms with Gasteiger partial charge in [-0.3, -0.25) is 0 Å². The van der Waals surface area contributed by atoms with E-state index < -0.39 is 0 Å². The molecule has 0 radical (unpaired) electrons. The third-order valence-corrected chi connectivity index (χ3v) is 2.60. The van der Waals surface area contributed by atoms with Crippen molar-refractivity contribution in [1.29, 1.82) is 5.26 Å². The van der Waals surface area contributed by atoms with Crippen LogP contribution in [0, 0.1) is 11.3 Å². The minimum absolute atomic E-state index is 0.445. The van der Waals surface area contributed by atoms with Gasteiger partial charge in [0.25, 0.3) is 0 Å². The van der Waals surface area contributed by atoms with E-state index in [1.807, 2.05) is 36.4 Å². The third-order valence-electron chi connectivity index (χ3n) is 2.35. The molecule has 0 aliphatic heterocycles. The van der Waals surface area contributed by atoms with E-state index in [0.29, 0.717) is 23.8 Å². The molecule has 2 rings (SSSR count). The molecule has 0 aliphatic rings. The molecule has 4 nitrogen and oxygen atoms in total. The molecule has 90 valence electrons. The highest BCUT2D eigenvalue weighted by molar-refractivity contribution is 6.30. The smallest absolute Gasteiger partial charge is 0.148 e. The molecule has 0 unspecified atom stereocenters. The predicted octanol–water partition coefficient (Wildman–Crippen LogP) is 3.12. The molecule has 0 aliphatic carbocycles. The maximum atomic E-state index is 8.42. The first-order valence-corrected chi connectivity index (χ1v) is 5.88. The number of hydrogen-bond donors (Lipinski definition) is 1. The molecule has 0 saturated carbocycles. The van der Waals surface area contributed by atoms with Gasteiger partial charge in [-0.1, -0.05) is 23.7 Å². The summed E-state index contributed by atoms with van der Waals surface area (Å²) in [6.45, 7) is 0.575. The Kier molecular flexibility index (Phi) is 4.11. The van der Waals surface area contributed by atoms with Gasteiger partial charge in [-0.05, 0) is 24.3 Å². The molecule has 18 heavy (non-hydrogen) atoms. The SMILES string of the molecule is N#CCCNc1ccc(-c2ccc(Cl)cc2)nn1. The van der Waals surface area contributed by atoms with E-state index in [-0.39, 0.29) is 0 Å². The second kappa shape index (κ2) is 5.99. The number of anilines is 1. The summed E-state index contributed by atoms with van der Waals surface area (Å²) < 4.78 is 0. The van der Waals surface area contributed by atoms with Gasteiger partial charge in [0.05, 0.1) is 18.2 Å². The van der Waals surface area contributed by atoms with E-state index in [9.17, 15) is 0 Å². The van der Waals surface area contributed by atoms with Crippen molar-refractivity contribution in [3.05, 3.63) is 41.4 Å². The average molecular weight is 259 g/mol. The summed E-state index contributed by atoms with van der Waals surface area (Å²) in [5, 5.41) is 20.3. The molecule has 0 amide bonds. The predicted molar refractivity (Wildman–Crippen MR) is 71.2 cm³/mol. The van der Waals surface area contributed by atoms with Crippen molar-refractivity contribution in [3.63, 3.8) is 0 Å². The number of halogens is 1. The van der Waals surface area contributed by atoms with Crippen molar-refractivity contribution in [2.45, 2.75) is 6.42 Å². The highest BCUT2D eigenvalue weighted by Gasteiger charge is 2.00. The summed E-state index contributed by atoms with van der Waals surface area (Å²) in [6.07, 6.45) is 0.445. The van der Waals surface area contributed by atoms with Crippen molar-refractivity contribution in [2.75, 3.05) is 11.9 Å². The van der Waals surface area contributed by atoms with E-state index in [2.05, 4.69) is 21.6 Å². The summed E-state index contributed by atoms with van der Waals surface area (Å²) in [7, 11) is 0. The van der Waals surface area contributed by atoms with Crippen LogP contribution in [0.4, 0.5) is 5.82 Å². The van der Waals surface area contributed by atoms with Crippen LogP contribution < -0.4 is 5.32 Å². The standard InChI is InChI=1S/C13H11ClN4/c14-11-4-2-10(3-5-11)12-6-7-13(18-17-12)16-9-1-8-15/h2-7H,1,9H2,(H,16,18). The van der Waals surface area contributed by atoms with E-state index in [4.69, 9.17) is 16.9 Å². The maximum Gasteiger partial charge on any atom is 0.148 e. The molecule has 0 saturated heterocycles. The lowest BCUT2D eigenvalue weighted by atomic mass is 10.1. The first kappa shape index (κ1) is 12.3. The van der Waals surface area contributed by atoms with Gasteiger partial charge in [-0.2, -0.15) is 5.26 Å². The molecule has 1 aromatic carbocycles. The van der Waals surface area contributed by atoms with Crippen LogP contribution in [0.15, 0.2) is 36.4 Å². The highest BCUT2D eigenvalue weighted by atomic mass is 35.5. The molecule has 1 heterocycles. The zero-order chi connectivity index (χ0) is 12.8. The Hall–Kier alpha value is -2.12. The zero-order valence-electron chi connectivity index (χ0n) is 9.60. The van der Waals surface area contributed by atoms with Gasteiger partial charge in [-0.25, -0.2) is 0 Å². The van der Waals surface area contributed by atoms with Gasteiger partial charge in [0.2, 0.25) is 0 Å². The maximum absolute atomic E-state index is 8.42. The molecule has 0 fully saturated rings. The van der Waals surface area contributed by atoms with Crippen LogP contribution in [0.2, 0.25) is 5.02 Å². The average Bonchev–Trinajstić information content (AvgIpc) is 2.41. The molecule has 2 aromatic rings. The summed E-state index contributed by atoms with van der Waals surface area (Å²) in [6, 6.07) is 13.2. The van der Waals surface area contributed by atoms with Crippen molar-refractivity contribution < 1.29 is 0 Å². The van der Waals surface area contributed by atoms with Crippen LogP contribution in [0.5, 0.6) is 0 Å². The van der Waals surface area contributed by atoms with Crippen molar-refractivity contribution in [2.24, 2.45) is 0 Å². The van der Waals surface area contributed by atoms with E-state index in [0.717, 1.165) is 11.3 Å². The van der Waals surface area contributed by atoms with Crippen LogP contribution in [-0.4, -0.2) is 16.7 Å². The fourth-order valence-electron chi connectivity index (χ4n) is 1.45. The fourth-order valence-corrected chi connectivity index (χ4v) is 1.57. The Morgan fingerprint density at radius 2 is 1.89 bits per heavy atom. The monoisotopic (exact) mass is 258 g/mol. The minimum Gasteiger partial charge on any atom is -0.368 e. The van der Waals surface area contributed by atoms with Crippen LogP contribution >= 0.6 is 11.6 Å². The number of nitriles is 1. The molecule has 1 aromatic heterocycles. The second-order valence-electron chi connectivity index (χ2n) is 3.65. The minimum atomic E-state index is 0.445. The second-order valence-corrected chi connectivity index (χ2v) is 4.08. The van der Waals surface area contributed by atoms with Gasteiger partial charge < -0.3 is 5.32 Å². The summed E-state index contributed by atoms with van der Waals surface area (Å²) in [5.41, 5.74) is 1.76. The van der Waals surface area contributed by atoms with Gasteiger partial charge in [0, 0.05) is 17.1 Å². The van der Waals surface area contributed by atoms with Gasteiger partial charge in [0.15, 0.2) is 0 Å². The normalized spacial score (nSPS) is 9.78. The first-order valence-electron chi connectivity index (χ1n) is 5.50. The number of rotatable bonds is 4. The zero-order valence-corrected chi connectivity index (χ0v) is 10.4. The van der Waals surface area contributed by atoms with Gasteiger partial charge in [-0.15, -0.1) is 10.2 Å². The van der Waals surface area contributed by atoms with Crippen LogP contribution in [0.25, 0.3) is 11.3 Å². The summed E-state index contributed by atoms with van der Waals surface area (Å²) in [4.78, 5) is 0. The topological polar surface area (TPSA) is 61.6 Å². The molecule has 5 heteroatoms. The van der Waals surface area contributed by atoms with Gasteiger partial charge >= 0.3 is 0 Å². The number of aromatic nitrogens is 2. The van der Waals surface area contributed by atoms with Gasteiger partial charge in [0.1, 0.15) is 5.82 Å². The van der Waals surface area contributed by atoms with Crippen LogP contribution in [0.1, 0.15) is 6.42 Å².